The number of nitriles is 1. The average molecular weight is 295 g/mol. The first kappa shape index (κ1) is 15.6. The molecule has 0 aliphatic carbocycles. The maximum absolute atomic E-state index is 12.6. The van der Waals surface area contributed by atoms with Gasteiger partial charge in [-0.05, 0) is 18.3 Å². The lowest BCUT2D eigenvalue weighted by Crippen LogP contribution is -2.61. The summed E-state index contributed by atoms with van der Waals surface area (Å²) in [4.78, 5) is 27.2. The average Bonchev–Trinajstić information content (AvgIpc) is 2.44. The van der Waals surface area contributed by atoms with Crippen molar-refractivity contribution in [2.45, 2.75) is 38.8 Å². The van der Waals surface area contributed by atoms with Crippen LogP contribution in [0, 0.1) is 16.7 Å². The Hall–Kier alpha value is -1.81. The van der Waals surface area contributed by atoms with E-state index in [9.17, 15) is 14.7 Å². The van der Waals surface area contributed by atoms with Crippen LogP contribution in [0.1, 0.15) is 26.7 Å². The number of carbonyl (C=O) groups is 2. The lowest BCUT2D eigenvalue weighted by molar-refractivity contribution is -0.149. The fourth-order valence-electron chi connectivity index (χ4n) is 3.15. The minimum Gasteiger partial charge on any atom is -0.480 e. The van der Waals surface area contributed by atoms with E-state index in [0.717, 1.165) is 12.8 Å². The maximum Gasteiger partial charge on any atom is 0.327 e. The van der Waals surface area contributed by atoms with Crippen molar-refractivity contribution in [3.05, 3.63) is 0 Å². The van der Waals surface area contributed by atoms with Crippen LogP contribution in [-0.2, 0) is 9.53 Å². The van der Waals surface area contributed by atoms with E-state index in [1.807, 2.05) is 19.9 Å². The first-order valence-corrected chi connectivity index (χ1v) is 7.16. The van der Waals surface area contributed by atoms with Crippen LogP contribution in [0.3, 0.4) is 0 Å². The standard InChI is InChI=1S/C14H21N3O4/c1-14(2)4-3-5-17(11(14)12(18)19)13(20)16-6-7-21-10(8-15)9-16/h10-11H,3-7,9H2,1-2H3,(H,18,19). The summed E-state index contributed by atoms with van der Waals surface area (Å²) < 4.78 is 5.22. The van der Waals surface area contributed by atoms with E-state index >= 15 is 0 Å². The highest BCUT2D eigenvalue weighted by Crippen LogP contribution is 2.36. The first-order chi connectivity index (χ1) is 9.86. The zero-order valence-electron chi connectivity index (χ0n) is 12.4. The Labute approximate surface area is 124 Å². The maximum atomic E-state index is 12.6. The number of urea groups is 1. The van der Waals surface area contributed by atoms with Crippen molar-refractivity contribution in [3.8, 4) is 6.07 Å². The second-order valence-electron chi connectivity index (χ2n) is 6.24. The normalized spacial score (nSPS) is 28.8. The van der Waals surface area contributed by atoms with Gasteiger partial charge in [-0.2, -0.15) is 5.26 Å². The molecule has 1 N–H and O–H groups in total. The fraction of sp³-hybridized carbons (Fsp3) is 0.786. The molecule has 2 amide bonds. The van der Waals surface area contributed by atoms with Crippen molar-refractivity contribution < 1.29 is 19.4 Å². The number of hydrogen-bond acceptors (Lipinski definition) is 4. The highest BCUT2D eigenvalue weighted by Gasteiger charge is 2.46. The molecule has 116 valence electrons. The second kappa shape index (κ2) is 5.90. The van der Waals surface area contributed by atoms with Crippen LogP contribution < -0.4 is 0 Å². The Morgan fingerprint density at radius 1 is 1.38 bits per heavy atom. The summed E-state index contributed by atoms with van der Waals surface area (Å²) in [6.45, 7) is 5.08. The number of aliphatic carboxylic acids is 1. The third kappa shape index (κ3) is 3.10. The van der Waals surface area contributed by atoms with E-state index in [0.29, 0.717) is 19.7 Å². The molecule has 2 aliphatic heterocycles. The molecule has 2 aliphatic rings. The summed E-state index contributed by atoms with van der Waals surface area (Å²) >= 11 is 0. The Morgan fingerprint density at radius 3 is 2.71 bits per heavy atom. The Balaban J connectivity index is 2.16. The number of carboxylic acids is 1. The topological polar surface area (TPSA) is 93.9 Å². The number of hydrogen-bond donors (Lipinski definition) is 1. The van der Waals surface area contributed by atoms with Crippen molar-refractivity contribution in [1.29, 1.82) is 5.26 Å². The van der Waals surface area contributed by atoms with Crippen molar-refractivity contribution in [2.24, 2.45) is 5.41 Å². The molecule has 2 heterocycles. The summed E-state index contributed by atoms with van der Waals surface area (Å²) in [5.74, 6) is -0.974. The highest BCUT2D eigenvalue weighted by atomic mass is 16.5. The number of carboxylic acid groups (broad SMARTS) is 1. The smallest absolute Gasteiger partial charge is 0.327 e. The largest absolute Gasteiger partial charge is 0.480 e. The molecule has 7 heteroatoms. The Morgan fingerprint density at radius 2 is 2.10 bits per heavy atom. The van der Waals surface area contributed by atoms with Crippen LogP contribution in [0.15, 0.2) is 0 Å². The van der Waals surface area contributed by atoms with E-state index in [1.54, 1.807) is 0 Å². The third-order valence-electron chi connectivity index (χ3n) is 4.23. The van der Waals surface area contributed by atoms with Crippen LogP contribution in [-0.4, -0.2) is 65.3 Å². The summed E-state index contributed by atoms with van der Waals surface area (Å²) in [5.41, 5.74) is -0.458. The van der Waals surface area contributed by atoms with Gasteiger partial charge in [-0.3, -0.25) is 0 Å². The number of carbonyl (C=O) groups excluding carboxylic acids is 1. The number of rotatable bonds is 1. The molecule has 2 rings (SSSR count). The molecule has 2 saturated heterocycles. The van der Waals surface area contributed by atoms with E-state index in [1.165, 1.54) is 9.80 Å². The lowest BCUT2D eigenvalue weighted by Gasteiger charge is -2.46. The summed E-state index contributed by atoms with van der Waals surface area (Å²) in [7, 11) is 0. The van der Waals surface area contributed by atoms with E-state index in [-0.39, 0.29) is 12.6 Å². The predicted molar refractivity (Wildman–Crippen MR) is 73.5 cm³/mol. The molecule has 0 aromatic carbocycles. The van der Waals surface area contributed by atoms with Crippen LogP contribution >= 0.6 is 0 Å². The lowest BCUT2D eigenvalue weighted by atomic mass is 9.76. The van der Waals surface area contributed by atoms with E-state index in [4.69, 9.17) is 10.00 Å². The minimum absolute atomic E-state index is 0.193. The van der Waals surface area contributed by atoms with Gasteiger partial charge in [0.2, 0.25) is 0 Å². The van der Waals surface area contributed by atoms with Crippen molar-refractivity contribution >= 4 is 12.0 Å². The molecular formula is C14H21N3O4. The Bertz CT molecular complexity index is 471. The molecule has 0 spiro atoms. The minimum atomic E-state index is -0.974. The number of morpholine rings is 1. The second-order valence-corrected chi connectivity index (χ2v) is 6.24. The molecule has 0 aromatic rings. The molecule has 2 atom stereocenters. The number of amides is 2. The molecule has 0 saturated carbocycles. The Kier molecular flexibility index (Phi) is 4.37. The van der Waals surface area contributed by atoms with Gasteiger partial charge in [-0.1, -0.05) is 13.8 Å². The zero-order valence-corrected chi connectivity index (χ0v) is 12.4. The predicted octanol–water partition coefficient (Wildman–Crippen LogP) is 0.906. The number of ether oxygens (including phenoxy) is 1. The van der Waals surface area contributed by atoms with Gasteiger partial charge >= 0.3 is 12.0 Å². The number of piperidine rings is 1. The zero-order chi connectivity index (χ0) is 15.6. The molecule has 2 fully saturated rings. The van der Waals surface area contributed by atoms with Crippen LogP contribution in [0.5, 0.6) is 0 Å². The molecular weight excluding hydrogens is 274 g/mol. The number of likely N-dealkylation sites (tertiary alicyclic amines) is 1. The van der Waals surface area contributed by atoms with Gasteiger partial charge in [0.15, 0.2) is 6.10 Å². The first-order valence-electron chi connectivity index (χ1n) is 7.16. The van der Waals surface area contributed by atoms with Crippen molar-refractivity contribution in [2.75, 3.05) is 26.2 Å². The fourth-order valence-corrected chi connectivity index (χ4v) is 3.15. The SMILES string of the molecule is CC1(C)CCCN(C(=O)N2CCOC(C#N)C2)C1C(=O)O. The molecule has 7 nitrogen and oxygen atoms in total. The monoisotopic (exact) mass is 295 g/mol. The van der Waals surface area contributed by atoms with Crippen LogP contribution in [0.4, 0.5) is 4.79 Å². The van der Waals surface area contributed by atoms with Gasteiger partial charge in [0, 0.05) is 13.1 Å². The van der Waals surface area contributed by atoms with Gasteiger partial charge in [0.05, 0.1) is 19.2 Å². The number of nitrogens with zero attached hydrogens (tertiary/aromatic N) is 3. The third-order valence-corrected chi connectivity index (χ3v) is 4.23. The molecule has 0 bridgehead atoms. The van der Waals surface area contributed by atoms with E-state index < -0.39 is 23.5 Å². The van der Waals surface area contributed by atoms with Crippen LogP contribution in [0.25, 0.3) is 0 Å². The molecule has 0 aromatic heterocycles. The highest BCUT2D eigenvalue weighted by molar-refractivity contribution is 5.83. The molecule has 0 radical (unpaired) electrons. The van der Waals surface area contributed by atoms with Gasteiger partial charge in [0.25, 0.3) is 0 Å². The molecule has 21 heavy (non-hydrogen) atoms. The van der Waals surface area contributed by atoms with Gasteiger partial charge in [0.1, 0.15) is 6.04 Å². The summed E-state index contributed by atoms with van der Waals surface area (Å²) in [6.07, 6.45) is 0.926. The van der Waals surface area contributed by atoms with Crippen molar-refractivity contribution in [3.63, 3.8) is 0 Å². The summed E-state index contributed by atoms with van der Waals surface area (Å²) in [6, 6.07) is 0.853. The summed E-state index contributed by atoms with van der Waals surface area (Å²) in [5, 5.41) is 18.4. The quantitative estimate of drug-likeness (QED) is 0.776. The van der Waals surface area contributed by atoms with Gasteiger partial charge in [-0.15, -0.1) is 0 Å². The van der Waals surface area contributed by atoms with E-state index in [2.05, 4.69) is 0 Å². The molecule has 2 unspecified atom stereocenters. The van der Waals surface area contributed by atoms with Crippen molar-refractivity contribution in [1.82, 2.24) is 9.80 Å². The van der Waals surface area contributed by atoms with Gasteiger partial charge in [-0.25, -0.2) is 9.59 Å². The van der Waals surface area contributed by atoms with Gasteiger partial charge < -0.3 is 19.6 Å². The van der Waals surface area contributed by atoms with Crippen LogP contribution in [0.2, 0.25) is 0 Å².